The molecule has 0 spiro atoms. The predicted molar refractivity (Wildman–Crippen MR) is 81.8 cm³/mol. The maximum Gasteiger partial charge on any atom is 0.254 e. The summed E-state index contributed by atoms with van der Waals surface area (Å²) < 4.78 is 5.55. The first-order valence-corrected chi connectivity index (χ1v) is 7.10. The number of unbranched alkanes of at least 4 members (excludes halogenated alkanes) is 1. The molecular weight excluding hydrogens is 270 g/mol. The van der Waals surface area contributed by atoms with E-state index in [-0.39, 0.29) is 18.3 Å². The Bertz CT molecular complexity index is 472. The third-order valence-electron chi connectivity index (χ3n) is 3.02. The van der Waals surface area contributed by atoms with E-state index in [1.807, 2.05) is 6.92 Å². The lowest BCUT2D eigenvalue weighted by Crippen LogP contribution is -2.38. The summed E-state index contributed by atoms with van der Waals surface area (Å²) in [6.45, 7) is 5.19. The highest BCUT2D eigenvalue weighted by Crippen LogP contribution is 2.14. The van der Waals surface area contributed by atoms with Crippen LogP contribution in [0.5, 0.6) is 5.75 Å². The van der Waals surface area contributed by atoms with E-state index in [9.17, 15) is 4.79 Å². The number of benzene rings is 1. The second-order valence-electron chi connectivity index (χ2n) is 4.64. The smallest absolute Gasteiger partial charge is 0.254 e. The average molecular weight is 293 g/mol. The number of carbonyl (C=O) groups is 1. The van der Waals surface area contributed by atoms with E-state index in [1.165, 1.54) is 4.90 Å². The SMILES string of the molecule is CCCCOc1ccc(C(=O)N(CC)CC(N)=NO)cc1. The molecule has 21 heavy (non-hydrogen) atoms. The molecule has 1 amide bonds. The molecule has 1 rings (SSSR count). The number of hydrogen-bond acceptors (Lipinski definition) is 4. The van der Waals surface area contributed by atoms with Crippen LogP contribution in [-0.2, 0) is 0 Å². The molecule has 0 bridgehead atoms. The van der Waals surface area contributed by atoms with E-state index in [2.05, 4.69) is 12.1 Å². The van der Waals surface area contributed by atoms with Crippen LogP contribution in [0.1, 0.15) is 37.0 Å². The Kier molecular flexibility index (Phi) is 7.08. The van der Waals surface area contributed by atoms with Gasteiger partial charge in [-0.15, -0.1) is 0 Å². The fourth-order valence-electron chi connectivity index (χ4n) is 1.77. The summed E-state index contributed by atoms with van der Waals surface area (Å²) in [6.07, 6.45) is 2.08. The van der Waals surface area contributed by atoms with Crippen LogP contribution < -0.4 is 10.5 Å². The van der Waals surface area contributed by atoms with Gasteiger partial charge in [-0.1, -0.05) is 18.5 Å². The van der Waals surface area contributed by atoms with E-state index in [0.29, 0.717) is 18.7 Å². The minimum atomic E-state index is -0.163. The van der Waals surface area contributed by atoms with Crippen LogP contribution in [0.2, 0.25) is 0 Å². The number of amidine groups is 1. The molecule has 0 heterocycles. The summed E-state index contributed by atoms with van der Waals surface area (Å²) >= 11 is 0. The molecule has 0 aliphatic heterocycles. The summed E-state index contributed by atoms with van der Waals surface area (Å²) in [7, 11) is 0. The van der Waals surface area contributed by atoms with Crippen molar-refractivity contribution in [2.75, 3.05) is 19.7 Å². The van der Waals surface area contributed by atoms with Gasteiger partial charge < -0.3 is 20.6 Å². The highest BCUT2D eigenvalue weighted by Gasteiger charge is 2.15. The zero-order valence-electron chi connectivity index (χ0n) is 12.6. The third-order valence-corrected chi connectivity index (χ3v) is 3.02. The van der Waals surface area contributed by atoms with Gasteiger partial charge in [0.1, 0.15) is 5.75 Å². The number of rotatable bonds is 8. The standard InChI is InChI=1S/C15H23N3O3/c1-3-5-10-21-13-8-6-12(7-9-13)15(19)18(4-2)11-14(16)17-20/h6-9,20H,3-5,10-11H2,1-2H3,(H2,16,17). The van der Waals surface area contributed by atoms with Crippen LogP contribution in [0.3, 0.4) is 0 Å². The number of nitrogens with two attached hydrogens (primary N) is 1. The number of carbonyl (C=O) groups excluding carboxylic acids is 1. The first-order chi connectivity index (χ1) is 10.1. The quantitative estimate of drug-likeness (QED) is 0.252. The van der Waals surface area contributed by atoms with E-state index in [1.54, 1.807) is 24.3 Å². The third kappa shape index (κ3) is 5.33. The molecule has 116 valence electrons. The number of amides is 1. The van der Waals surface area contributed by atoms with E-state index >= 15 is 0 Å². The second kappa shape index (κ2) is 8.84. The number of nitrogens with zero attached hydrogens (tertiary/aromatic N) is 2. The van der Waals surface area contributed by atoms with Crippen molar-refractivity contribution in [2.24, 2.45) is 10.9 Å². The van der Waals surface area contributed by atoms with Gasteiger partial charge in [0.2, 0.25) is 0 Å². The van der Waals surface area contributed by atoms with Gasteiger partial charge in [-0.3, -0.25) is 4.79 Å². The van der Waals surface area contributed by atoms with Gasteiger partial charge >= 0.3 is 0 Å². The number of hydrogen-bond donors (Lipinski definition) is 2. The van der Waals surface area contributed by atoms with Gasteiger partial charge in [0.05, 0.1) is 13.2 Å². The lowest BCUT2D eigenvalue weighted by atomic mass is 10.2. The van der Waals surface area contributed by atoms with Gasteiger partial charge in [-0.2, -0.15) is 0 Å². The highest BCUT2D eigenvalue weighted by atomic mass is 16.5. The molecule has 0 unspecified atom stereocenters. The zero-order chi connectivity index (χ0) is 15.7. The molecule has 0 saturated carbocycles. The molecule has 6 heteroatoms. The topological polar surface area (TPSA) is 88.2 Å². The molecule has 0 aromatic heterocycles. The van der Waals surface area contributed by atoms with Gasteiger partial charge in [-0.05, 0) is 37.6 Å². The fraction of sp³-hybridized carbons (Fsp3) is 0.467. The Morgan fingerprint density at radius 3 is 2.52 bits per heavy atom. The van der Waals surface area contributed by atoms with E-state index in [4.69, 9.17) is 15.7 Å². The van der Waals surface area contributed by atoms with Crippen LogP contribution in [0.25, 0.3) is 0 Å². The van der Waals surface area contributed by atoms with Crippen molar-refractivity contribution < 1.29 is 14.7 Å². The monoisotopic (exact) mass is 293 g/mol. The lowest BCUT2D eigenvalue weighted by molar-refractivity contribution is 0.0786. The van der Waals surface area contributed by atoms with E-state index in [0.717, 1.165) is 18.6 Å². The molecule has 1 aromatic carbocycles. The summed E-state index contributed by atoms with van der Waals surface area (Å²) in [5.74, 6) is 0.591. The van der Waals surface area contributed by atoms with E-state index < -0.39 is 0 Å². The van der Waals surface area contributed by atoms with Crippen LogP contribution in [0.15, 0.2) is 29.4 Å². The summed E-state index contributed by atoms with van der Waals surface area (Å²) in [4.78, 5) is 13.8. The molecule has 0 fully saturated rings. The largest absolute Gasteiger partial charge is 0.494 e. The molecule has 0 saturated heterocycles. The molecule has 0 atom stereocenters. The Balaban J connectivity index is 2.68. The Hall–Kier alpha value is -2.24. The molecule has 6 nitrogen and oxygen atoms in total. The number of oxime groups is 1. The number of ether oxygens (including phenoxy) is 1. The van der Waals surface area contributed by atoms with Crippen molar-refractivity contribution in [3.8, 4) is 5.75 Å². The molecule has 0 aliphatic carbocycles. The second-order valence-corrected chi connectivity index (χ2v) is 4.64. The van der Waals surface area contributed by atoms with Gasteiger partial charge in [0.15, 0.2) is 5.84 Å². The maximum atomic E-state index is 12.3. The average Bonchev–Trinajstić information content (AvgIpc) is 2.52. The van der Waals surface area contributed by atoms with Crippen LogP contribution in [0.4, 0.5) is 0 Å². The maximum absolute atomic E-state index is 12.3. The molecule has 3 N–H and O–H groups in total. The normalized spacial score (nSPS) is 11.2. The fourth-order valence-corrected chi connectivity index (χ4v) is 1.77. The van der Waals surface area contributed by atoms with Gasteiger partial charge in [0, 0.05) is 12.1 Å². The molecule has 0 radical (unpaired) electrons. The molecule has 1 aromatic rings. The van der Waals surface area contributed by atoms with Gasteiger partial charge in [-0.25, -0.2) is 0 Å². The highest BCUT2D eigenvalue weighted by molar-refractivity contribution is 5.97. The molecular formula is C15H23N3O3. The van der Waals surface area contributed by atoms with Crippen molar-refractivity contribution in [3.05, 3.63) is 29.8 Å². The van der Waals surface area contributed by atoms with Crippen molar-refractivity contribution in [3.63, 3.8) is 0 Å². The van der Waals surface area contributed by atoms with Crippen molar-refractivity contribution in [1.82, 2.24) is 4.90 Å². The first kappa shape index (κ1) is 16.8. The van der Waals surface area contributed by atoms with Crippen LogP contribution in [-0.4, -0.2) is 41.5 Å². The first-order valence-electron chi connectivity index (χ1n) is 7.10. The minimum absolute atomic E-state index is 0.00437. The lowest BCUT2D eigenvalue weighted by Gasteiger charge is -2.20. The van der Waals surface area contributed by atoms with Gasteiger partial charge in [0.25, 0.3) is 5.91 Å². The zero-order valence-corrected chi connectivity index (χ0v) is 12.6. The predicted octanol–water partition coefficient (Wildman–Crippen LogP) is 2.07. The Morgan fingerprint density at radius 1 is 1.33 bits per heavy atom. The minimum Gasteiger partial charge on any atom is -0.494 e. The molecule has 0 aliphatic rings. The van der Waals surface area contributed by atoms with Crippen molar-refractivity contribution >= 4 is 11.7 Å². The summed E-state index contributed by atoms with van der Waals surface area (Å²) in [5.41, 5.74) is 5.99. The van der Waals surface area contributed by atoms with Crippen LogP contribution >= 0.6 is 0 Å². The summed E-state index contributed by atoms with van der Waals surface area (Å²) in [5, 5.41) is 11.5. The summed E-state index contributed by atoms with van der Waals surface area (Å²) in [6, 6.07) is 7.00. The Labute approximate surface area is 125 Å². The van der Waals surface area contributed by atoms with Crippen molar-refractivity contribution in [2.45, 2.75) is 26.7 Å². The Morgan fingerprint density at radius 2 is 2.00 bits per heavy atom. The van der Waals surface area contributed by atoms with Crippen LogP contribution in [0, 0.1) is 0 Å². The van der Waals surface area contributed by atoms with Crippen molar-refractivity contribution in [1.29, 1.82) is 0 Å². The number of likely N-dealkylation sites (N-methyl/N-ethyl adjacent to an activating group) is 1.